The number of pyridine rings is 1. The lowest BCUT2D eigenvalue weighted by molar-refractivity contribution is 0.635. The number of benzene rings is 1. The van der Waals surface area contributed by atoms with Crippen molar-refractivity contribution < 1.29 is 0 Å². The Morgan fingerprint density at radius 2 is 1.92 bits per heavy atom. The first-order valence-electron chi connectivity index (χ1n) is 8.25. The van der Waals surface area contributed by atoms with Gasteiger partial charge >= 0.3 is 0 Å². The fraction of sp³-hybridized carbons (Fsp3) is 0.238. The third-order valence-corrected chi connectivity index (χ3v) is 4.93. The van der Waals surface area contributed by atoms with Gasteiger partial charge in [-0.2, -0.15) is 0 Å². The normalized spacial score (nSPS) is 11.7. The van der Waals surface area contributed by atoms with Crippen molar-refractivity contribution in [2.24, 2.45) is 7.05 Å². The molecule has 0 atom stereocenters. The molecule has 0 aliphatic rings. The molecule has 0 amide bonds. The first-order chi connectivity index (χ1) is 11.8. The van der Waals surface area contributed by atoms with E-state index in [1.54, 1.807) is 11.6 Å². The van der Waals surface area contributed by atoms with Gasteiger partial charge in [-0.15, -0.1) is 0 Å². The summed E-state index contributed by atoms with van der Waals surface area (Å²) in [7, 11) is 1.77. The first-order valence-corrected chi connectivity index (χ1v) is 8.25. The number of aromatic amines is 1. The lowest BCUT2D eigenvalue weighted by Gasteiger charge is -2.27. The molecule has 0 saturated carbocycles. The van der Waals surface area contributed by atoms with Crippen LogP contribution in [0.2, 0.25) is 0 Å². The molecule has 4 heteroatoms. The van der Waals surface area contributed by atoms with E-state index in [9.17, 15) is 4.79 Å². The zero-order valence-electron chi connectivity index (χ0n) is 15.1. The number of aromatic nitrogens is 2. The number of rotatable bonds is 4. The summed E-state index contributed by atoms with van der Waals surface area (Å²) in [5.41, 5.74) is 4.92. The van der Waals surface area contributed by atoms with Crippen LogP contribution in [0.25, 0.3) is 16.5 Å². The molecule has 0 fully saturated rings. The van der Waals surface area contributed by atoms with Crippen LogP contribution >= 0.6 is 0 Å². The molecule has 3 rings (SSSR count). The number of aryl methyl sites for hydroxylation is 2. The van der Waals surface area contributed by atoms with Crippen LogP contribution in [0.5, 0.6) is 0 Å². The molecule has 0 bridgehead atoms. The minimum Gasteiger partial charge on any atom is -0.350 e. The summed E-state index contributed by atoms with van der Waals surface area (Å²) in [5, 5.41) is 8.30. The lowest BCUT2D eigenvalue weighted by atomic mass is 9.77. The smallest absolute Gasteiger partial charge is 0.274 e. The monoisotopic (exact) mass is 333 g/mol. The standard InChI is InChI=1S/C21H23N3O/c1-13-6-8-15(9-7-13)21(3,4)17-12-24(5)20(25)19-16(17)10-18(23-19)14(2)11-22/h6-12,22-23H,2H2,1,3-5H3. The van der Waals surface area contributed by atoms with Crippen molar-refractivity contribution in [2.75, 3.05) is 0 Å². The van der Waals surface area contributed by atoms with Crippen molar-refractivity contribution in [3.05, 3.63) is 75.8 Å². The van der Waals surface area contributed by atoms with Gasteiger partial charge in [-0.3, -0.25) is 4.79 Å². The van der Waals surface area contributed by atoms with Gasteiger partial charge in [0, 0.05) is 41.5 Å². The average molecular weight is 333 g/mol. The number of fused-ring (bicyclic) bond motifs is 1. The van der Waals surface area contributed by atoms with E-state index in [0.717, 1.165) is 10.9 Å². The third kappa shape index (κ3) is 2.74. The number of allylic oxidation sites excluding steroid dienone is 1. The highest BCUT2D eigenvalue weighted by atomic mass is 16.1. The van der Waals surface area contributed by atoms with Crippen molar-refractivity contribution in [3.8, 4) is 0 Å². The molecule has 0 aliphatic carbocycles. The summed E-state index contributed by atoms with van der Waals surface area (Å²) in [6.07, 6.45) is 3.11. The lowest BCUT2D eigenvalue weighted by Crippen LogP contribution is -2.25. The molecule has 0 spiro atoms. The minimum atomic E-state index is -0.275. The molecule has 4 nitrogen and oxygen atoms in total. The van der Waals surface area contributed by atoms with Crippen LogP contribution in [0.1, 0.15) is 36.2 Å². The van der Waals surface area contributed by atoms with Crippen LogP contribution in [-0.4, -0.2) is 15.8 Å². The molecule has 2 N–H and O–H groups in total. The molecular weight excluding hydrogens is 310 g/mol. The van der Waals surface area contributed by atoms with E-state index in [-0.39, 0.29) is 11.0 Å². The van der Waals surface area contributed by atoms with Crippen molar-refractivity contribution in [1.82, 2.24) is 9.55 Å². The van der Waals surface area contributed by atoms with E-state index in [4.69, 9.17) is 5.41 Å². The number of nitrogens with one attached hydrogen (secondary N) is 2. The Hall–Kier alpha value is -2.88. The summed E-state index contributed by atoms with van der Waals surface area (Å²) < 4.78 is 1.61. The summed E-state index contributed by atoms with van der Waals surface area (Å²) in [4.78, 5) is 15.7. The average Bonchev–Trinajstić information content (AvgIpc) is 3.03. The highest BCUT2D eigenvalue weighted by molar-refractivity contribution is 6.08. The van der Waals surface area contributed by atoms with Crippen molar-refractivity contribution in [2.45, 2.75) is 26.2 Å². The Morgan fingerprint density at radius 3 is 2.52 bits per heavy atom. The Labute approximate surface area is 147 Å². The molecule has 128 valence electrons. The van der Waals surface area contributed by atoms with Gasteiger partial charge in [0.1, 0.15) is 5.52 Å². The van der Waals surface area contributed by atoms with Crippen molar-refractivity contribution in [3.63, 3.8) is 0 Å². The molecule has 0 unspecified atom stereocenters. The van der Waals surface area contributed by atoms with Gasteiger partial charge in [-0.25, -0.2) is 0 Å². The van der Waals surface area contributed by atoms with Gasteiger partial charge in [-0.1, -0.05) is 50.3 Å². The van der Waals surface area contributed by atoms with E-state index < -0.39 is 0 Å². The maximum absolute atomic E-state index is 12.6. The Bertz CT molecular complexity index is 1030. The molecule has 25 heavy (non-hydrogen) atoms. The Morgan fingerprint density at radius 1 is 1.28 bits per heavy atom. The third-order valence-electron chi connectivity index (χ3n) is 4.93. The van der Waals surface area contributed by atoms with Crippen LogP contribution in [-0.2, 0) is 12.5 Å². The second kappa shape index (κ2) is 5.88. The van der Waals surface area contributed by atoms with Gasteiger partial charge in [-0.05, 0) is 24.1 Å². The van der Waals surface area contributed by atoms with E-state index in [1.165, 1.54) is 17.3 Å². The van der Waals surface area contributed by atoms with Crippen LogP contribution in [0.3, 0.4) is 0 Å². The molecule has 3 aromatic rings. The number of hydrogen-bond acceptors (Lipinski definition) is 2. The van der Waals surface area contributed by atoms with Gasteiger partial charge in [0.25, 0.3) is 5.56 Å². The van der Waals surface area contributed by atoms with Gasteiger partial charge in [0.15, 0.2) is 0 Å². The molecule has 2 heterocycles. The van der Waals surface area contributed by atoms with E-state index in [2.05, 4.69) is 56.6 Å². The number of hydrogen-bond donors (Lipinski definition) is 2. The second-order valence-corrected chi connectivity index (χ2v) is 7.09. The van der Waals surface area contributed by atoms with Crippen LogP contribution in [0, 0.1) is 12.3 Å². The van der Waals surface area contributed by atoms with E-state index in [1.807, 2.05) is 12.3 Å². The fourth-order valence-corrected chi connectivity index (χ4v) is 3.21. The summed E-state index contributed by atoms with van der Waals surface area (Å²) in [5.74, 6) is 0. The predicted molar refractivity (Wildman–Crippen MR) is 105 cm³/mol. The molecule has 0 saturated heterocycles. The Balaban J connectivity index is 2.31. The molecule has 0 radical (unpaired) electrons. The van der Waals surface area contributed by atoms with Crippen molar-refractivity contribution in [1.29, 1.82) is 5.41 Å². The predicted octanol–water partition coefficient (Wildman–Crippen LogP) is 4.16. The van der Waals surface area contributed by atoms with Crippen LogP contribution in [0.4, 0.5) is 0 Å². The largest absolute Gasteiger partial charge is 0.350 e. The topological polar surface area (TPSA) is 61.6 Å². The molecular formula is C21H23N3O. The molecule has 2 aromatic heterocycles. The van der Waals surface area contributed by atoms with Crippen molar-refractivity contribution >= 4 is 22.7 Å². The van der Waals surface area contributed by atoms with E-state index in [0.29, 0.717) is 16.8 Å². The maximum Gasteiger partial charge on any atom is 0.274 e. The number of H-pyrrole nitrogens is 1. The highest BCUT2D eigenvalue weighted by Gasteiger charge is 2.27. The number of nitrogens with zero attached hydrogens (tertiary/aromatic N) is 1. The molecule has 0 aliphatic heterocycles. The summed E-state index contributed by atoms with van der Waals surface area (Å²) >= 11 is 0. The summed E-state index contributed by atoms with van der Waals surface area (Å²) in [6.45, 7) is 10.3. The fourth-order valence-electron chi connectivity index (χ4n) is 3.21. The minimum absolute atomic E-state index is 0.0810. The zero-order valence-corrected chi connectivity index (χ0v) is 15.1. The summed E-state index contributed by atoms with van der Waals surface area (Å²) in [6, 6.07) is 10.4. The zero-order chi connectivity index (χ0) is 18.4. The second-order valence-electron chi connectivity index (χ2n) is 7.09. The highest BCUT2D eigenvalue weighted by Crippen LogP contribution is 2.36. The van der Waals surface area contributed by atoms with E-state index >= 15 is 0 Å². The SMILES string of the molecule is C=C(C=N)c1cc2c(C(C)(C)c3ccc(C)cc3)cn(C)c(=O)c2[nH]1. The van der Waals surface area contributed by atoms with Gasteiger partial charge < -0.3 is 15.0 Å². The quantitative estimate of drug-likeness (QED) is 0.692. The maximum atomic E-state index is 12.6. The van der Waals surface area contributed by atoms with Gasteiger partial charge in [0.05, 0.1) is 0 Å². The van der Waals surface area contributed by atoms with Crippen LogP contribution in [0.15, 0.2) is 47.9 Å². The first kappa shape index (κ1) is 17.0. The van der Waals surface area contributed by atoms with Crippen LogP contribution < -0.4 is 5.56 Å². The Kier molecular flexibility index (Phi) is 3.99. The van der Waals surface area contributed by atoms with Gasteiger partial charge in [0.2, 0.25) is 0 Å². The molecule has 1 aromatic carbocycles.